The second kappa shape index (κ2) is 8.01. The molecule has 0 radical (unpaired) electrons. The lowest BCUT2D eigenvalue weighted by Crippen LogP contribution is -2.41. The fraction of sp³-hybridized carbons (Fsp3) is 0.353. The van der Waals surface area contributed by atoms with Gasteiger partial charge in [0, 0.05) is 0 Å². The summed E-state index contributed by atoms with van der Waals surface area (Å²) < 4.78 is 0. The number of benzene rings is 2. The number of amides is 1. The van der Waals surface area contributed by atoms with E-state index in [0.717, 1.165) is 12.0 Å². The van der Waals surface area contributed by atoms with E-state index in [1.165, 1.54) is 10.8 Å². The minimum atomic E-state index is -0.419. The van der Waals surface area contributed by atoms with Crippen molar-refractivity contribution in [3.05, 3.63) is 48.0 Å². The lowest BCUT2D eigenvalue weighted by atomic mass is 9.99. The van der Waals surface area contributed by atoms with Crippen LogP contribution in [0.2, 0.25) is 0 Å². The second-order valence-corrected chi connectivity index (χ2v) is 5.19. The lowest BCUT2D eigenvalue weighted by Gasteiger charge is -2.19. The highest BCUT2D eigenvalue weighted by Gasteiger charge is 2.16. The highest BCUT2D eigenvalue weighted by atomic mass is 35.5. The van der Waals surface area contributed by atoms with Crippen LogP contribution in [0.15, 0.2) is 42.5 Å². The first kappa shape index (κ1) is 17.5. The van der Waals surface area contributed by atoms with Crippen molar-refractivity contribution in [2.24, 2.45) is 5.73 Å². The molecule has 2 aromatic rings. The van der Waals surface area contributed by atoms with Crippen LogP contribution in [0.1, 0.15) is 38.3 Å². The van der Waals surface area contributed by atoms with Gasteiger partial charge in [-0.25, -0.2) is 0 Å². The van der Waals surface area contributed by atoms with Crippen LogP contribution >= 0.6 is 12.4 Å². The third-order valence-electron chi connectivity index (χ3n) is 3.59. The van der Waals surface area contributed by atoms with E-state index in [1.54, 1.807) is 0 Å². The fourth-order valence-electron chi connectivity index (χ4n) is 2.47. The summed E-state index contributed by atoms with van der Waals surface area (Å²) in [4.78, 5) is 12.0. The van der Waals surface area contributed by atoms with Crippen molar-refractivity contribution < 1.29 is 4.79 Å². The summed E-state index contributed by atoms with van der Waals surface area (Å²) in [7, 11) is 0. The third-order valence-corrected chi connectivity index (χ3v) is 3.59. The molecular formula is C17H23ClN2O. The molecule has 0 aliphatic carbocycles. The maximum Gasteiger partial charge on any atom is 0.237 e. The van der Waals surface area contributed by atoms with E-state index in [0.29, 0.717) is 6.42 Å². The lowest BCUT2D eigenvalue weighted by molar-refractivity contribution is -0.123. The Hall–Kier alpha value is -1.58. The van der Waals surface area contributed by atoms with Crippen molar-refractivity contribution in [2.45, 2.75) is 38.8 Å². The Morgan fingerprint density at radius 1 is 1.19 bits per heavy atom. The van der Waals surface area contributed by atoms with Gasteiger partial charge in [-0.05, 0) is 29.7 Å². The van der Waals surface area contributed by atoms with Crippen LogP contribution in [0.25, 0.3) is 10.8 Å². The molecular weight excluding hydrogens is 284 g/mol. The summed E-state index contributed by atoms with van der Waals surface area (Å²) in [6, 6.07) is 13.9. The van der Waals surface area contributed by atoms with Gasteiger partial charge in [0.1, 0.15) is 0 Å². The van der Waals surface area contributed by atoms with Crippen LogP contribution in [0.3, 0.4) is 0 Å². The van der Waals surface area contributed by atoms with E-state index in [9.17, 15) is 4.79 Å². The Morgan fingerprint density at radius 2 is 1.86 bits per heavy atom. The molecule has 114 valence electrons. The molecule has 3 nitrogen and oxygen atoms in total. The molecule has 4 heteroatoms. The summed E-state index contributed by atoms with van der Waals surface area (Å²) in [6.07, 6.45) is 1.63. The first-order chi connectivity index (χ1) is 9.63. The van der Waals surface area contributed by atoms with Gasteiger partial charge in [0.15, 0.2) is 0 Å². The Balaban J connectivity index is 0.00000220. The van der Waals surface area contributed by atoms with Crippen molar-refractivity contribution in [1.29, 1.82) is 0 Å². The van der Waals surface area contributed by atoms with Gasteiger partial charge in [0.2, 0.25) is 5.91 Å². The number of halogens is 1. The van der Waals surface area contributed by atoms with E-state index < -0.39 is 6.04 Å². The average molecular weight is 307 g/mol. The van der Waals surface area contributed by atoms with Gasteiger partial charge >= 0.3 is 0 Å². The highest BCUT2D eigenvalue weighted by molar-refractivity contribution is 5.87. The molecule has 0 spiro atoms. The van der Waals surface area contributed by atoms with Crippen LogP contribution in [0.5, 0.6) is 0 Å². The summed E-state index contributed by atoms with van der Waals surface area (Å²) in [6.45, 7) is 4.03. The first-order valence-corrected chi connectivity index (χ1v) is 7.17. The molecule has 2 rings (SSSR count). The zero-order valence-electron chi connectivity index (χ0n) is 12.5. The van der Waals surface area contributed by atoms with Crippen molar-refractivity contribution in [3.8, 4) is 0 Å². The Labute approximate surface area is 132 Å². The van der Waals surface area contributed by atoms with Gasteiger partial charge in [0.25, 0.3) is 0 Å². The summed E-state index contributed by atoms with van der Waals surface area (Å²) in [5, 5.41) is 5.37. The van der Waals surface area contributed by atoms with Gasteiger partial charge < -0.3 is 11.1 Å². The monoisotopic (exact) mass is 306 g/mol. The SMILES string of the molecule is CCCC(N)C(=O)NC(C)c1cccc2ccccc12.Cl. The van der Waals surface area contributed by atoms with Crippen LogP contribution in [-0.2, 0) is 4.79 Å². The van der Waals surface area contributed by atoms with Crippen LogP contribution in [-0.4, -0.2) is 11.9 Å². The molecule has 2 aromatic carbocycles. The number of nitrogens with one attached hydrogen (secondary N) is 1. The number of hydrogen-bond acceptors (Lipinski definition) is 2. The molecule has 0 aliphatic rings. The van der Waals surface area contributed by atoms with Crippen LogP contribution in [0.4, 0.5) is 0 Å². The standard InChI is InChI=1S/C17H22N2O.ClH/c1-3-7-16(18)17(20)19-12(2)14-11-6-9-13-8-4-5-10-15(13)14;/h4-6,8-12,16H,3,7,18H2,1-2H3,(H,19,20);1H. The molecule has 0 saturated carbocycles. The predicted octanol–water partition coefficient (Wildman–Crippen LogP) is 3.57. The molecule has 1 amide bonds. The van der Waals surface area contributed by atoms with E-state index in [4.69, 9.17) is 5.73 Å². The van der Waals surface area contributed by atoms with Crippen molar-refractivity contribution in [2.75, 3.05) is 0 Å². The van der Waals surface area contributed by atoms with E-state index in [1.807, 2.05) is 32.0 Å². The minimum Gasteiger partial charge on any atom is -0.348 e. The molecule has 0 fully saturated rings. The predicted molar refractivity (Wildman–Crippen MR) is 90.6 cm³/mol. The maximum absolute atomic E-state index is 12.0. The van der Waals surface area contributed by atoms with E-state index >= 15 is 0 Å². The number of fused-ring (bicyclic) bond motifs is 1. The van der Waals surface area contributed by atoms with Gasteiger partial charge in [-0.3, -0.25) is 4.79 Å². The molecule has 0 aliphatic heterocycles. The molecule has 0 heterocycles. The van der Waals surface area contributed by atoms with Crippen molar-refractivity contribution >= 4 is 29.1 Å². The average Bonchev–Trinajstić information content (AvgIpc) is 2.46. The van der Waals surface area contributed by atoms with Gasteiger partial charge in [-0.1, -0.05) is 55.8 Å². The number of nitrogens with two attached hydrogens (primary N) is 1. The first-order valence-electron chi connectivity index (χ1n) is 7.17. The molecule has 2 atom stereocenters. The molecule has 0 aromatic heterocycles. The molecule has 0 saturated heterocycles. The zero-order valence-corrected chi connectivity index (χ0v) is 13.3. The molecule has 3 N–H and O–H groups in total. The quantitative estimate of drug-likeness (QED) is 0.887. The maximum atomic E-state index is 12.0. The largest absolute Gasteiger partial charge is 0.348 e. The third kappa shape index (κ3) is 4.19. The Bertz CT molecular complexity index is 595. The van der Waals surface area contributed by atoms with Gasteiger partial charge in [0.05, 0.1) is 12.1 Å². The number of carbonyl (C=O) groups is 1. The molecule has 21 heavy (non-hydrogen) atoms. The Kier molecular flexibility index (Phi) is 6.66. The highest BCUT2D eigenvalue weighted by Crippen LogP contribution is 2.24. The van der Waals surface area contributed by atoms with Gasteiger partial charge in [-0.2, -0.15) is 0 Å². The topological polar surface area (TPSA) is 55.1 Å². The second-order valence-electron chi connectivity index (χ2n) is 5.19. The minimum absolute atomic E-state index is 0. The molecule has 2 unspecified atom stereocenters. The normalized spacial score (nSPS) is 13.3. The van der Waals surface area contributed by atoms with Crippen LogP contribution in [0, 0.1) is 0 Å². The summed E-state index contributed by atoms with van der Waals surface area (Å²) in [5.41, 5.74) is 6.98. The van der Waals surface area contributed by atoms with Gasteiger partial charge in [-0.15, -0.1) is 12.4 Å². The fourth-order valence-corrected chi connectivity index (χ4v) is 2.47. The van der Waals surface area contributed by atoms with E-state index in [-0.39, 0.29) is 24.4 Å². The zero-order chi connectivity index (χ0) is 14.5. The van der Waals surface area contributed by atoms with E-state index in [2.05, 4.69) is 29.6 Å². The smallest absolute Gasteiger partial charge is 0.237 e. The summed E-state index contributed by atoms with van der Waals surface area (Å²) >= 11 is 0. The number of rotatable bonds is 5. The number of carbonyl (C=O) groups excluding carboxylic acids is 1. The Morgan fingerprint density at radius 3 is 2.57 bits per heavy atom. The van der Waals surface area contributed by atoms with Crippen molar-refractivity contribution in [3.63, 3.8) is 0 Å². The number of hydrogen-bond donors (Lipinski definition) is 2. The van der Waals surface area contributed by atoms with Crippen molar-refractivity contribution in [1.82, 2.24) is 5.32 Å². The molecule has 0 bridgehead atoms. The summed E-state index contributed by atoms with van der Waals surface area (Å²) in [5.74, 6) is -0.0766. The van der Waals surface area contributed by atoms with Crippen LogP contribution < -0.4 is 11.1 Å².